The molecule has 0 spiro atoms. The number of benzene rings is 1. The fourth-order valence-corrected chi connectivity index (χ4v) is 3.35. The lowest BCUT2D eigenvalue weighted by Crippen LogP contribution is -2.41. The van der Waals surface area contributed by atoms with E-state index in [0.29, 0.717) is 29.8 Å². The Morgan fingerprint density at radius 2 is 1.66 bits per heavy atom. The summed E-state index contributed by atoms with van der Waals surface area (Å²) in [6.07, 6.45) is 5.32. The number of hydrogen-bond acceptors (Lipinski definition) is 4. The Balaban J connectivity index is 2.12. The second kappa shape index (κ2) is 8.89. The molecule has 8 nitrogen and oxygen atoms in total. The molecule has 8 heteroatoms. The van der Waals surface area contributed by atoms with Gasteiger partial charge in [-0.3, -0.25) is 18.7 Å². The number of nitrogens with two attached hydrogens (primary N) is 1. The number of carbonyl (C=O) groups is 1. The number of nitrogens with zero attached hydrogens (tertiary/aromatic N) is 4. The van der Waals surface area contributed by atoms with Crippen LogP contribution in [0.1, 0.15) is 55.5 Å². The normalized spacial score (nSPS) is 11.2. The molecular weight excluding hydrogens is 370 g/mol. The molecule has 0 radical (unpaired) electrons. The standard InChI is InChI=1S/C21H27N5O3/c1-3-5-11-24-14-23-19-17(24)20(28)26(21(29)25(19)12-6-4-2)13-15-7-9-16(10-8-15)18(22)27/h7-10,14H,3-6,11-13H2,1-2H3,(H2,22,27). The van der Waals surface area contributed by atoms with Crippen molar-refractivity contribution in [1.82, 2.24) is 18.7 Å². The summed E-state index contributed by atoms with van der Waals surface area (Å²) >= 11 is 0. The van der Waals surface area contributed by atoms with Crippen molar-refractivity contribution in [2.75, 3.05) is 0 Å². The minimum atomic E-state index is -0.517. The summed E-state index contributed by atoms with van der Waals surface area (Å²) in [6, 6.07) is 6.62. The highest BCUT2D eigenvalue weighted by atomic mass is 16.2. The molecule has 154 valence electrons. The number of hydrogen-bond donors (Lipinski definition) is 1. The molecule has 29 heavy (non-hydrogen) atoms. The van der Waals surface area contributed by atoms with E-state index in [2.05, 4.69) is 18.8 Å². The van der Waals surface area contributed by atoms with Gasteiger partial charge in [-0.15, -0.1) is 0 Å². The van der Waals surface area contributed by atoms with Crippen molar-refractivity contribution in [3.8, 4) is 0 Å². The first-order valence-electron chi connectivity index (χ1n) is 10.0. The molecule has 0 bridgehead atoms. The molecule has 0 atom stereocenters. The first-order chi connectivity index (χ1) is 14.0. The Morgan fingerprint density at radius 3 is 2.28 bits per heavy atom. The summed E-state index contributed by atoms with van der Waals surface area (Å²) in [5.41, 5.74) is 6.61. The average Bonchev–Trinajstić information content (AvgIpc) is 3.13. The smallest absolute Gasteiger partial charge is 0.333 e. The zero-order chi connectivity index (χ0) is 21.0. The Kier molecular flexibility index (Phi) is 6.31. The highest BCUT2D eigenvalue weighted by Gasteiger charge is 2.18. The Morgan fingerprint density at radius 1 is 1.00 bits per heavy atom. The maximum Gasteiger partial charge on any atom is 0.333 e. The Labute approximate surface area is 168 Å². The number of primary amides is 1. The maximum atomic E-state index is 13.2. The molecule has 0 unspecified atom stereocenters. The van der Waals surface area contributed by atoms with Crippen molar-refractivity contribution in [3.63, 3.8) is 0 Å². The zero-order valence-electron chi connectivity index (χ0n) is 16.9. The Hall–Kier alpha value is -3.16. The van der Waals surface area contributed by atoms with Gasteiger partial charge in [0.2, 0.25) is 5.91 Å². The lowest BCUT2D eigenvalue weighted by molar-refractivity contribution is 0.100. The molecule has 0 saturated heterocycles. The monoisotopic (exact) mass is 397 g/mol. The molecule has 0 aliphatic carbocycles. The first kappa shape index (κ1) is 20.6. The van der Waals surface area contributed by atoms with E-state index in [1.165, 1.54) is 4.57 Å². The third-order valence-electron chi connectivity index (χ3n) is 5.05. The summed E-state index contributed by atoms with van der Waals surface area (Å²) in [5, 5.41) is 0. The van der Waals surface area contributed by atoms with E-state index in [9.17, 15) is 14.4 Å². The van der Waals surface area contributed by atoms with E-state index in [1.54, 1.807) is 35.2 Å². The number of amides is 1. The minimum absolute atomic E-state index is 0.123. The second-order valence-electron chi connectivity index (χ2n) is 7.20. The Bertz CT molecular complexity index is 1120. The third kappa shape index (κ3) is 4.16. The minimum Gasteiger partial charge on any atom is -0.366 e. The summed E-state index contributed by atoms with van der Waals surface area (Å²) in [7, 11) is 0. The van der Waals surface area contributed by atoms with E-state index in [-0.39, 0.29) is 17.8 Å². The molecule has 1 aromatic carbocycles. The van der Waals surface area contributed by atoms with Crippen LogP contribution in [0.3, 0.4) is 0 Å². The summed E-state index contributed by atoms with van der Waals surface area (Å²) in [4.78, 5) is 42.0. The number of aromatic nitrogens is 4. The third-order valence-corrected chi connectivity index (χ3v) is 5.05. The number of unbranched alkanes of at least 4 members (excludes halogenated alkanes) is 2. The lowest BCUT2D eigenvalue weighted by atomic mass is 10.1. The quantitative estimate of drug-likeness (QED) is 0.597. The van der Waals surface area contributed by atoms with Crippen molar-refractivity contribution in [1.29, 1.82) is 0 Å². The lowest BCUT2D eigenvalue weighted by Gasteiger charge is -2.12. The van der Waals surface area contributed by atoms with Crippen molar-refractivity contribution >= 4 is 17.1 Å². The van der Waals surface area contributed by atoms with Crippen LogP contribution < -0.4 is 17.0 Å². The van der Waals surface area contributed by atoms with Crippen molar-refractivity contribution in [2.45, 2.75) is 59.2 Å². The predicted molar refractivity (Wildman–Crippen MR) is 112 cm³/mol. The van der Waals surface area contributed by atoms with Crippen LogP contribution in [0.5, 0.6) is 0 Å². The molecule has 1 amide bonds. The molecule has 0 aliphatic heterocycles. The fraction of sp³-hybridized carbons (Fsp3) is 0.429. The summed E-state index contributed by atoms with van der Waals surface area (Å²) in [5.74, 6) is -0.517. The largest absolute Gasteiger partial charge is 0.366 e. The molecule has 2 N–H and O–H groups in total. The van der Waals surface area contributed by atoms with Gasteiger partial charge in [0.05, 0.1) is 12.9 Å². The molecule has 3 aromatic rings. The van der Waals surface area contributed by atoms with Gasteiger partial charge in [-0.05, 0) is 30.5 Å². The second-order valence-corrected chi connectivity index (χ2v) is 7.20. The van der Waals surface area contributed by atoms with E-state index < -0.39 is 5.91 Å². The number of fused-ring (bicyclic) bond motifs is 1. The SMILES string of the molecule is CCCCn1cnc2c1c(=O)n(Cc1ccc(C(N)=O)cc1)c(=O)n2CCCC. The number of imidazole rings is 1. The molecular formula is C21H27N5O3. The number of aryl methyl sites for hydroxylation is 2. The summed E-state index contributed by atoms with van der Waals surface area (Å²) in [6.45, 7) is 5.46. The predicted octanol–water partition coefficient (Wildman–Crippen LogP) is 2.11. The first-order valence-corrected chi connectivity index (χ1v) is 10.0. The van der Waals surface area contributed by atoms with Crippen LogP contribution in [0, 0.1) is 0 Å². The average molecular weight is 397 g/mol. The number of rotatable bonds is 9. The fourth-order valence-electron chi connectivity index (χ4n) is 3.35. The van der Waals surface area contributed by atoms with Crippen LogP contribution in [0.4, 0.5) is 0 Å². The van der Waals surface area contributed by atoms with Crippen LogP contribution in [0.2, 0.25) is 0 Å². The maximum absolute atomic E-state index is 13.2. The van der Waals surface area contributed by atoms with Gasteiger partial charge in [-0.25, -0.2) is 9.78 Å². The van der Waals surface area contributed by atoms with Gasteiger partial charge in [0, 0.05) is 18.7 Å². The molecule has 0 aliphatic rings. The van der Waals surface area contributed by atoms with Gasteiger partial charge < -0.3 is 10.3 Å². The van der Waals surface area contributed by atoms with Crippen LogP contribution >= 0.6 is 0 Å². The highest BCUT2D eigenvalue weighted by molar-refractivity contribution is 5.92. The van der Waals surface area contributed by atoms with E-state index in [1.807, 2.05) is 4.57 Å². The molecule has 0 saturated carbocycles. The van der Waals surface area contributed by atoms with Gasteiger partial charge in [0.1, 0.15) is 0 Å². The van der Waals surface area contributed by atoms with E-state index >= 15 is 0 Å². The van der Waals surface area contributed by atoms with E-state index in [4.69, 9.17) is 5.73 Å². The van der Waals surface area contributed by atoms with E-state index in [0.717, 1.165) is 31.2 Å². The molecule has 2 aromatic heterocycles. The van der Waals surface area contributed by atoms with Crippen LogP contribution in [0.15, 0.2) is 40.2 Å². The van der Waals surface area contributed by atoms with Crippen molar-refractivity contribution in [3.05, 3.63) is 62.6 Å². The van der Waals surface area contributed by atoms with Gasteiger partial charge in [-0.2, -0.15) is 0 Å². The zero-order valence-corrected chi connectivity index (χ0v) is 16.9. The van der Waals surface area contributed by atoms with Crippen LogP contribution in [-0.2, 0) is 19.6 Å². The molecule has 2 heterocycles. The number of carbonyl (C=O) groups excluding carboxylic acids is 1. The van der Waals surface area contributed by atoms with Gasteiger partial charge in [-0.1, -0.05) is 38.8 Å². The van der Waals surface area contributed by atoms with Crippen LogP contribution in [-0.4, -0.2) is 24.6 Å². The van der Waals surface area contributed by atoms with Gasteiger partial charge in [0.25, 0.3) is 5.56 Å². The highest BCUT2D eigenvalue weighted by Crippen LogP contribution is 2.11. The topological polar surface area (TPSA) is 105 Å². The summed E-state index contributed by atoms with van der Waals surface area (Å²) < 4.78 is 4.69. The van der Waals surface area contributed by atoms with Gasteiger partial charge in [0.15, 0.2) is 11.2 Å². The van der Waals surface area contributed by atoms with Crippen molar-refractivity contribution < 1.29 is 4.79 Å². The molecule has 0 fully saturated rings. The van der Waals surface area contributed by atoms with Crippen molar-refractivity contribution in [2.24, 2.45) is 5.73 Å². The molecule has 3 rings (SSSR count). The van der Waals surface area contributed by atoms with Crippen LogP contribution in [0.25, 0.3) is 11.2 Å². The van der Waals surface area contributed by atoms with Gasteiger partial charge >= 0.3 is 5.69 Å².